The van der Waals surface area contributed by atoms with Crippen LogP contribution in [-0.2, 0) is 10.0 Å². The van der Waals surface area contributed by atoms with Gasteiger partial charge in [0.15, 0.2) is 0 Å². The second kappa shape index (κ2) is 8.32. The third kappa shape index (κ3) is 3.88. The van der Waals surface area contributed by atoms with Crippen molar-refractivity contribution < 1.29 is 13.2 Å². The number of aryl methyl sites for hydroxylation is 1. The van der Waals surface area contributed by atoms with Gasteiger partial charge in [-0.05, 0) is 31.2 Å². The van der Waals surface area contributed by atoms with E-state index in [-0.39, 0.29) is 41.4 Å². The summed E-state index contributed by atoms with van der Waals surface area (Å²) in [5.74, 6) is -0.254. The molecule has 30 heavy (non-hydrogen) atoms. The Balaban J connectivity index is 1.51. The van der Waals surface area contributed by atoms with Crippen LogP contribution >= 0.6 is 34.5 Å². The van der Waals surface area contributed by atoms with Crippen LogP contribution in [-0.4, -0.2) is 59.5 Å². The smallest absolute Gasteiger partial charge is 0.259 e. The van der Waals surface area contributed by atoms with E-state index in [0.717, 1.165) is 17.0 Å². The number of para-hydroxylation sites is 1. The lowest BCUT2D eigenvalue weighted by Crippen LogP contribution is -2.50. The normalized spacial score (nSPS) is 15.5. The molecule has 11 heteroatoms. The molecule has 0 bridgehead atoms. The van der Waals surface area contributed by atoms with Crippen molar-refractivity contribution >= 4 is 50.5 Å². The van der Waals surface area contributed by atoms with Crippen molar-refractivity contribution in [1.82, 2.24) is 19.0 Å². The van der Waals surface area contributed by atoms with Crippen LogP contribution < -0.4 is 0 Å². The second-order valence-corrected chi connectivity index (χ2v) is 11.0. The molecule has 1 aliphatic rings. The van der Waals surface area contributed by atoms with Crippen molar-refractivity contribution in [2.45, 2.75) is 11.1 Å². The first kappa shape index (κ1) is 21.3. The van der Waals surface area contributed by atoms with E-state index in [1.165, 1.54) is 15.1 Å². The number of halogens is 2. The third-order valence-electron chi connectivity index (χ3n) is 4.89. The number of rotatable bonds is 4. The van der Waals surface area contributed by atoms with Crippen LogP contribution in [0.25, 0.3) is 5.69 Å². The summed E-state index contributed by atoms with van der Waals surface area (Å²) < 4.78 is 29.0. The highest BCUT2D eigenvalue weighted by Crippen LogP contribution is 2.29. The van der Waals surface area contributed by atoms with Gasteiger partial charge in [-0.2, -0.15) is 9.40 Å². The predicted octanol–water partition coefficient (Wildman–Crippen LogP) is 3.70. The number of nitrogens with zero attached hydrogens (tertiary/aromatic N) is 4. The van der Waals surface area contributed by atoms with Gasteiger partial charge in [-0.25, -0.2) is 13.1 Å². The molecule has 1 amide bonds. The average molecular weight is 485 g/mol. The lowest BCUT2D eigenvalue weighted by molar-refractivity contribution is 0.0697. The standard InChI is InChI=1S/C19H18Cl2N4O3S2/c1-13-17(18(21)25(22-13)14-5-3-2-4-6-14)19(26)23-9-11-24(12-10-23)30(27,28)16-8-7-15(20)29-16/h2-8H,9-12H2,1H3. The van der Waals surface area contributed by atoms with Gasteiger partial charge in [0.25, 0.3) is 15.9 Å². The molecule has 1 aliphatic heterocycles. The first-order chi connectivity index (χ1) is 14.3. The Kier molecular flexibility index (Phi) is 5.91. The van der Waals surface area contributed by atoms with Crippen molar-refractivity contribution in [3.63, 3.8) is 0 Å². The summed E-state index contributed by atoms with van der Waals surface area (Å²) in [4.78, 5) is 14.7. The van der Waals surface area contributed by atoms with Gasteiger partial charge in [-0.15, -0.1) is 11.3 Å². The monoisotopic (exact) mass is 484 g/mol. The molecule has 0 unspecified atom stereocenters. The molecule has 2 aromatic heterocycles. The highest BCUT2D eigenvalue weighted by Gasteiger charge is 2.33. The third-order valence-corrected chi connectivity index (χ3v) is 8.83. The van der Waals surface area contributed by atoms with Crippen molar-refractivity contribution in [2.24, 2.45) is 0 Å². The Morgan fingerprint density at radius 1 is 1.03 bits per heavy atom. The lowest BCUT2D eigenvalue weighted by atomic mass is 10.2. The number of piperazine rings is 1. The number of sulfonamides is 1. The van der Waals surface area contributed by atoms with Crippen molar-refractivity contribution in [3.05, 3.63) is 63.2 Å². The van der Waals surface area contributed by atoms with E-state index in [2.05, 4.69) is 5.10 Å². The molecule has 3 heterocycles. The minimum atomic E-state index is -3.62. The number of carbonyl (C=O) groups is 1. The molecular weight excluding hydrogens is 467 g/mol. The maximum atomic E-state index is 13.1. The molecule has 0 N–H and O–H groups in total. The highest BCUT2D eigenvalue weighted by atomic mass is 35.5. The van der Waals surface area contributed by atoms with Gasteiger partial charge in [0.1, 0.15) is 9.36 Å². The van der Waals surface area contributed by atoms with Gasteiger partial charge in [0, 0.05) is 26.2 Å². The number of benzene rings is 1. The van der Waals surface area contributed by atoms with Crippen molar-refractivity contribution in [1.29, 1.82) is 0 Å². The molecule has 1 aromatic carbocycles. The molecule has 1 saturated heterocycles. The van der Waals surface area contributed by atoms with Gasteiger partial charge in [-0.1, -0.05) is 41.4 Å². The Labute approximate surface area is 188 Å². The van der Waals surface area contributed by atoms with E-state index < -0.39 is 10.0 Å². The van der Waals surface area contributed by atoms with Crippen molar-refractivity contribution in [2.75, 3.05) is 26.2 Å². The fraction of sp³-hybridized carbons (Fsp3) is 0.263. The van der Waals surface area contributed by atoms with E-state index in [9.17, 15) is 13.2 Å². The summed E-state index contributed by atoms with van der Waals surface area (Å²) in [7, 11) is -3.62. The fourth-order valence-corrected chi connectivity index (χ4v) is 6.75. The summed E-state index contributed by atoms with van der Waals surface area (Å²) in [5, 5.41) is 4.65. The van der Waals surface area contributed by atoms with Crippen LogP contribution in [0.5, 0.6) is 0 Å². The highest BCUT2D eigenvalue weighted by molar-refractivity contribution is 7.91. The SMILES string of the molecule is Cc1nn(-c2ccccc2)c(Cl)c1C(=O)N1CCN(S(=O)(=O)c2ccc(Cl)s2)CC1. The van der Waals surface area contributed by atoms with E-state index in [0.29, 0.717) is 15.6 Å². The van der Waals surface area contributed by atoms with Crippen LogP contribution in [0, 0.1) is 6.92 Å². The summed E-state index contributed by atoms with van der Waals surface area (Å²) in [6.07, 6.45) is 0. The Morgan fingerprint density at radius 2 is 1.70 bits per heavy atom. The Morgan fingerprint density at radius 3 is 2.30 bits per heavy atom. The average Bonchev–Trinajstić information content (AvgIpc) is 3.31. The van der Waals surface area contributed by atoms with Crippen LogP contribution in [0.2, 0.25) is 9.49 Å². The molecule has 3 aromatic rings. The Bertz CT molecular complexity index is 1180. The summed E-state index contributed by atoms with van der Waals surface area (Å²) in [5.41, 5.74) is 1.62. The predicted molar refractivity (Wildman–Crippen MR) is 117 cm³/mol. The molecule has 0 aliphatic carbocycles. The first-order valence-electron chi connectivity index (χ1n) is 9.14. The molecule has 1 fully saturated rings. The fourth-order valence-electron chi connectivity index (χ4n) is 3.34. The summed E-state index contributed by atoms with van der Waals surface area (Å²) in [6.45, 7) is 2.67. The molecule has 4 rings (SSSR count). The molecule has 0 atom stereocenters. The van der Waals surface area contributed by atoms with Crippen LogP contribution in [0.3, 0.4) is 0 Å². The summed E-state index contributed by atoms with van der Waals surface area (Å²) in [6, 6.07) is 12.4. The van der Waals surface area contributed by atoms with Crippen LogP contribution in [0.4, 0.5) is 0 Å². The Hall–Kier alpha value is -1.91. The van der Waals surface area contributed by atoms with Crippen molar-refractivity contribution in [3.8, 4) is 5.69 Å². The first-order valence-corrected chi connectivity index (χ1v) is 12.2. The van der Waals surface area contributed by atoms with Crippen LogP contribution in [0.15, 0.2) is 46.7 Å². The molecule has 0 saturated carbocycles. The lowest BCUT2D eigenvalue weighted by Gasteiger charge is -2.33. The van der Waals surface area contributed by atoms with E-state index in [1.807, 2.05) is 30.3 Å². The zero-order valence-corrected chi connectivity index (χ0v) is 19.1. The summed E-state index contributed by atoms with van der Waals surface area (Å²) >= 11 is 13.4. The van der Waals surface area contributed by atoms with Crippen LogP contribution in [0.1, 0.15) is 16.1 Å². The zero-order valence-electron chi connectivity index (χ0n) is 16.0. The number of aromatic nitrogens is 2. The topological polar surface area (TPSA) is 75.5 Å². The largest absolute Gasteiger partial charge is 0.336 e. The second-order valence-electron chi connectivity index (χ2n) is 6.75. The van der Waals surface area contributed by atoms with Gasteiger partial charge < -0.3 is 4.90 Å². The maximum absolute atomic E-state index is 13.1. The van der Waals surface area contributed by atoms with Gasteiger partial charge >= 0.3 is 0 Å². The van der Waals surface area contributed by atoms with E-state index in [1.54, 1.807) is 17.9 Å². The van der Waals surface area contributed by atoms with Gasteiger partial charge in [0.05, 0.1) is 21.3 Å². The van der Waals surface area contributed by atoms with E-state index in [4.69, 9.17) is 23.2 Å². The maximum Gasteiger partial charge on any atom is 0.259 e. The number of hydrogen-bond donors (Lipinski definition) is 0. The molecule has 7 nitrogen and oxygen atoms in total. The minimum Gasteiger partial charge on any atom is -0.336 e. The number of hydrogen-bond acceptors (Lipinski definition) is 5. The number of carbonyl (C=O) groups excluding carboxylic acids is 1. The molecule has 0 radical (unpaired) electrons. The molecule has 0 spiro atoms. The minimum absolute atomic E-state index is 0.201. The number of amides is 1. The number of thiophene rings is 1. The van der Waals surface area contributed by atoms with Gasteiger partial charge in [0.2, 0.25) is 0 Å². The van der Waals surface area contributed by atoms with Gasteiger partial charge in [-0.3, -0.25) is 4.79 Å². The van der Waals surface area contributed by atoms with E-state index >= 15 is 0 Å². The zero-order chi connectivity index (χ0) is 21.5. The quantitative estimate of drug-likeness (QED) is 0.565. The molecule has 158 valence electrons. The molecular formula is C19H18Cl2N4O3S2.